The molecule has 0 aromatic heterocycles. The van der Waals surface area contributed by atoms with Gasteiger partial charge in [0, 0.05) is 11.5 Å². The molecule has 9 heteroatoms. The Bertz CT molecular complexity index is 1220. The summed E-state index contributed by atoms with van der Waals surface area (Å²) in [7, 11) is 1.33. The molecule has 0 aliphatic carbocycles. The number of ether oxygens (including phenoxy) is 1. The molecule has 0 fully saturated rings. The molecular formula is C20H12FN3O5. The van der Waals surface area contributed by atoms with Gasteiger partial charge in [0.15, 0.2) is 11.6 Å². The smallest absolute Gasteiger partial charge is 0.282 e. The molecule has 0 bridgehead atoms. The van der Waals surface area contributed by atoms with Crippen LogP contribution < -0.4 is 4.74 Å². The van der Waals surface area contributed by atoms with E-state index >= 15 is 0 Å². The van der Waals surface area contributed by atoms with Crippen molar-refractivity contribution in [1.82, 2.24) is 5.01 Å². The Labute approximate surface area is 163 Å². The number of carbonyl (C=O) groups excluding carboxylic acids is 2. The number of hydrogen-bond donors (Lipinski definition) is 0. The third kappa shape index (κ3) is 2.89. The van der Waals surface area contributed by atoms with Crippen LogP contribution in [0.3, 0.4) is 0 Å². The van der Waals surface area contributed by atoms with E-state index in [2.05, 4.69) is 5.10 Å². The predicted molar refractivity (Wildman–Crippen MR) is 102 cm³/mol. The van der Waals surface area contributed by atoms with Crippen LogP contribution in [0.25, 0.3) is 10.8 Å². The number of nitro benzene ring substituents is 1. The SMILES string of the molecule is COc1ccc(/C=N\N2C(=O)c3cccc4c([N+](=O)[O-])ccc(c34)C2=O)cc1F. The normalized spacial score (nSPS) is 13.4. The van der Waals surface area contributed by atoms with Crippen LogP contribution in [0.4, 0.5) is 10.1 Å². The molecule has 0 saturated carbocycles. The minimum absolute atomic E-state index is 0.0504. The Morgan fingerprint density at radius 3 is 2.48 bits per heavy atom. The second-order valence-electron chi connectivity index (χ2n) is 6.18. The topological polar surface area (TPSA) is 102 Å². The summed E-state index contributed by atoms with van der Waals surface area (Å²) in [6.07, 6.45) is 1.18. The number of imide groups is 1. The molecule has 2 amide bonds. The van der Waals surface area contributed by atoms with Gasteiger partial charge in [-0.25, -0.2) is 4.39 Å². The van der Waals surface area contributed by atoms with E-state index in [0.717, 1.165) is 6.07 Å². The second kappa shape index (κ2) is 6.79. The quantitative estimate of drug-likeness (QED) is 0.292. The molecule has 4 rings (SSSR count). The zero-order valence-corrected chi connectivity index (χ0v) is 15.0. The Morgan fingerprint density at radius 1 is 1.10 bits per heavy atom. The lowest BCUT2D eigenvalue weighted by Crippen LogP contribution is -2.36. The van der Waals surface area contributed by atoms with E-state index in [0.29, 0.717) is 10.6 Å². The van der Waals surface area contributed by atoms with Gasteiger partial charge in [0.05, 0.1) is 34.8 Å². The van der Waals surface area contributed by atoms with Crippen LogP contribution in [0, 0.1) is 15.9 Å². The van der Waals surface area contributed by atoms with Crippen LogP contribution in [0.1, 0.15) is 26.3 Å². The van der Waals surface area contributed by atoms with Crippen molar-refractivity contribution in [3.05, 3.63) is 81.2 Å². The van der Waals surface area contributed by atoms with Gasteiger partial charge < -0.3 is 4.74 Å². The third-order valence-electron chi connectivity index (χ3n) is 4.56. The number of halogens is 1. The molecule has 3 aromatic rings. The highest BCUT2D eigenvalue weighted by Gasteiger charge is 2.34. The lowest BCUT2D eigenvalue weighted by Gasteiger charge is -2.22. The Kier molecular flexibility index (Phi) is 4.27. The van der Waals surface area contributed by atoms with E-state index in [1.165, 1.54) is 55.8 Å². The first kappa shape index (κ1) is 18.2. The zero-order valence-electron chi connectivity index (χ0n) is 15.0. The molecule has 0 unspecified atom stereocenters. The molecular weight excluding hydrogens is 381 g/mol. The highest BCUT2D eigenvalue weighted by molar-refractivity contribution is 6.26. The molecule has 1 heterocycles. The number of methoxy groups -OCH3 is 1. The summed E-state index contributed by atoms with van der Waals surface area (Å²) in [4.78, 5) is 36.3. The predicted octanol–water partition coefficient (Wildman–Crippen LogP) is 3.53. The van der Waals surface area contributed by atoms with Crippen molar-refractivity contribution in [1.29, 1.82) is 0 Å². The zero-order chi connectivity index (χ0) is 20.7. The molecule has 29 heavy (non-hydrogen) atoms. The summed E-state index contributed by atoms with van der Waals surface area (Å²) in [5.41, 5.74) is 0.367. The first-order valence-corrected chi connectivity index (χ1v) is 8.39. The Hall–Kier alpha value is -4.14. The summed E-state index contributed by atoms with van der Waals surface area (Å²) in [6.45, 7) is 0. The molecule has 0 spiro atoms. The number of benzene rings is 3. The summed E-state index contributed by atoms with van der Waals surface area (Å²) >= 11 is 0. The van der Waals surface area contributed by atoms with Crippen LogP contribution in [-0.2, 0) is 0 Å². The molecule has 0 radical (unpaired) electrons. The molecule has 144 valence electrons. The standard InChI is InChI=1S/C20H12FN3O5/c1-29-17-8-5-11(9-15(17)21)10-22-23-19(25)13-4-2-3-12-16(24(27)28)7-6-14(18(12)13)20(23)26/h2-10H,1H3/b22-10-. The van der Waals surface area contributed by atoms with E-state index in [1.54, 1.807) is 0 Å². The number of non-ortho nitro benzene ring substituents is 1. The molecule has 1 aliphatic rings. The molecule has 0 saturated heterocycles. The van der Waals surface area contributed by atoms with Gasteiger partial charge in [-0.2, -0.15) is 10.1 Å². The van der Waals surface area contributed by atoms with Crippen LogP contribution >= 0.6 is 0 Å². The van der Waals surface area contributed by atoms with E-state index in [-0.39, 0.29) is 33.3 Å². The minimum atomic E-state index is -0.723. The highest BCUT2D eigenvalue weighted by atomic mass is 19.1. The van der Waals surface area contributed by atoms with Crippen molar-refractivity contribution in [2.45, 2.75) is 0 Å². The molecule has 0 N–H and O–H groups in total. The number of hydrogen-bond acceptors (Lipinski definition) is 6. The van der Waals surface area contributed by atoms with Gasteiger partial charge in [-0.05, 0) is 42.0 Å². The van der Waals surface area contributed by atoms with Crippen molar-refractivity contribution < 1.29 is 23.6 Å². The third-order valence-corrected chi connectivity index (χ3v) is 4.56. The summed E-state index contributed by atoms with van der Waals surface area (Å²) in [5, 5.41) is 16.3. The van der Waals surface area contributed by atoms with Crippen LogP contribution in [0.15, 0.2) is 53.6 Å². The number of nitrogens with zero attached hydrogens (tertiary/aromatic N) is 3. The molecule has 0 atom stereocenters. The lowest BCUT2D eigenvalue weighted by molar-refractivity contribution is -0.383. The average molecular weight is 393 g/mol. The Balaban J connectivity index is 1.77. The first-order chi connectivity index (χ1) is 13.9. The summed E-state index contributed by atoms with van der Waals surface area (Å²) in [6, 6.07) is 11.0. The van der Waals surface area contributed by atoms with E-state index in [9.17, 15) is 24.1 Å². The summed E-state index contributed by atoms with van der Waals surface area (Å²) in [5.74, 6) is -2.01. The maximum Gasteiger partial charge on any atom is 0.282 e. The number of nitro groups is 1. The van der Waals surface area contributed by atoms with Crippen LogP contribution in [-0.4, -0.2) is 35.1 Å². The van der Waals surface area contributed by atoms with Gasteiger partial charge in [0.2, 0.25) is 0 Å². The van der Waals surface area contributed by atoms with Crippen molar-refractivity contribution in [2.24, 2.45) is 5.10 Å². The Morgan fingerprint density at radius 2 is 1.83 bits per heavy atom. The van der Waals surface area contributed by atoms with Gasteiger partial charge in [-0.1, -0.05) is 6.07 Å². The van der Waals surface area contributed by atoms with Gasteiger partial charge >= 0.3 is 0 Å². The molecule has 1 aliphatic heterocycles. The summed E-state index contributed by atoms with van der Waals surface area (Å²) < 4.78 is 18.7. The molecule has 3 aromatic carbocycles. The van der Waals surface area contributed by atoms with Crippen LogP contribution in [0.5, 0.6) is 5.75 Å². The fraction of sp³-hybridized carbons (Fsp3) is 0.0500. The maximum absolute atomic E-state index is 13.8. The highest BCUT2D eigenvalue weighted by Crippen LogP contribution is 2.35. The second-order valence-corrected chi connectivity index (χ2v) is 6.18. The lowest BCUT2D eigenvalue weighted by atomic mass is 9.94. The van der Waals surface area contributed by atoms with E-state index in [4.69, 9.17) is 4.74 Å². The number of hydrazone groups is 1. The average Bonchev–Trinajstić information content (AvgIpc) is 2.71. The van der Waals surface area contributed by atoms with Crippen molar-refractivity contribution in [2.75, 3.05) is 7.11 Å². The van der Waals surface area contributed by atoms with Gasteiger partial charge in [-0.15, -0.1) is 0 Å². The van der Waals surface area contributed by atoms with Crippen molar-refractivity contribution in [3.63, 3.8) is 0 Å². The van der Waals surface area contributed by atoms with Gasteiger partial charge in [0.1, 0.15) is 0 Å². The first-order valence-electron chi connectivity index (χ1n) is 8.39. The number of amides is 2. The molecule has 8 nitrogen and oxygen atoms in total. The van der Waals surface area contributed by atoms with Gasteiger partial charge in [0.25, 0.3) is 17.5 Å². The minimum Gasteiger partial charge on any atom is -0.494 e. The maximum atomic E-state index is 13.8. The number of carbonyl (C=O) groups is 2. The fourth-order valence-electron chi connectivity index (χ4n) is 3.22. The van der Waals surface area contributed by atoms with Crippen LogP contribution in [0.2, 0.25) is 0 Å². The van der Waals surface area contributed by atoms with Crippen molar-refractivity contribution >= 4 is 34.5 Å². The largest absolute Gasteiger partial charge is 0.494 e. The van der Waals surface area contributed by atoms with E-state index in [1.807, 2.05) is 0 Å². The fourth-order valence-corrected chi connectivity index (χ4v) is 3.22. The number of rotatable bonds is 4. The van der Waals surface area contributed by atoms with Gasteiger partial charge in [-0.3, -0.25) is 19.7 Å². The monoisotopic (exact) mass is 393 g/mol. The van der Waals surface area contributed by atoms with Crippen molar-refractivity contribution in [3.8, 4) is 5.75 Å². The van der Waals surface area contributed by atoms with E-state index < -0.39 is 22.6 Å².